The van der Waals surface area contributed by atoms with E-state index >= 15 is 0 Å². The number of hydrogen-bond donors (Lipinski definition) is 1. The highest BCUT2D eigenvalue weighted by Crippen LogP contribution is 2.16. The molecule has 1 heterocycles. The van der Waals surface area contributed by atoms with Gasteiger partial charge >= 0.3 is 0 Å². The average Bonchev–Trinajstić information content (AvgIpc) is 2.83. The molecule has 3 rings (SSSR count). The van der Waals surface area contributed by atoms with E-state index in [1.807, 2.05) is 59.2 Å². The largest absolute Gasteiger partial charge is 0.272 e. The molecule has 0 aliphatic heterocycles. The quantitative estimate of drug-likeness (QED) is 0.737. The summed E-state index contributed by atoms with van der Waals surface area (Å²) in [6.07, 6.45) is 0.694. The van der Waals surface area contributed by atoms with E-state index in [1.165, 1.54) is 0 Å². The summed E-state index contributed by atoms with van der Waals surface area (Å²) in [5.41, 5.74) is 2.15. The monoisotopic (exact) mass is 301 g/mol. The van der Waals surface area contributed by atoms with Crippen LogP contribution in [0.3, 0.4) is 0 Å². The maximum absolute atomic E-state index is 5.90. The molecule has 0 saturated carbocycles. The number of nitrogens with zero attached hydrogens (tertiary/aromatic N) is 2. The van der Waals surface area contributed by atoms with Crippen molar-refractivity contribution in [3.05, 3.63) is 75.8 Å². The van der Waals surface area contributed by atoms with Gasteiger partial charge in [-0.1, -0.05) is 41.9 Å². The van der Waals surface area contributed by atoms with Crippen LogP contribution in [-0.2, 0) is 6.42 Å². The molecule has 0 bridgehead atoms. The van der Waals surface area contributed by atoms with Crippen LogP contribution in [-0.4, -0.2) is 14.8 Å². The summed E-state index contributed by atoms with van der Waals surface area (Å²) in [5.74, 6) is 0.878. The maximum atomic E-state index is 5.90. The second-order valence-corrected chi connectivity index (χ2v) is 5.24. The summed E-state index contributed by atoms with van der Waals surface area (Å²) in [6.45, 7) is 0. The van der Waals surface area contributed by atoms with Gasteiger partial charge in [0.1, 0.15) is 5.82 Å². The molecule has 3 nitrogen and oxygen atoms in total. The smallest absolute Gasteiger partial charge is 0.199 e. The Hall–Kier alpha value is -1.91. The van der Waals surface area contributed by atoms with E-state index in [0.29, 0.717) is 11.2 Å². The van der Waals surface area contributed by atoms with Crippen molar-refractivity contribution in [3.63, 3.8) is 0 Å². The molecular formula is C15H12ClN3S. The fourth-order valence-corrected chi connectivity index (χ4v) is 2.46. The van der Waals surface area contributed by atoms with Crippen molar-refractivity contribution in [1.29, 1.82) is 0 Å². The van der Waals surface area contributed by atoms with Gasteiger partial charge in [-0.15, -0.1) is 0 Å². The van der Waals surface area contributed by atoms with Gasteiger partial charge in [-0.3, -0.25) is 9.67 Å². The van der Waals surface area contributed by atoms with Crippen LogP contribution in [0.5, 0.6) is 0 Å². The first-order chi connectivity index (χ1) is 9.74. The van der Waals surface area contributed by atoms with E-state index in [1.54, 1.807) is 0 Å². The molecule has 20 heavy (non-hydrogen) atoms. The summed E-state index contributed by atoms with van der Waals surface area (Å²) in [5, 5.41) is 7.91. The molecule has 1 aromatic heterocycles. The third kappa shape index (κ3) is 2.66. The summed E-state index contributed by atoms with van der Waals surface area (Å²) in [4.78, 5) is 0. The number of para-hydroxylation sites is 1. The first kappa shape index (κ1) is 13.1. The Morgan fingerprint density at radius 2 is 1.75 bits per heavy atom. The minimum atomic E-state index is 0.597. The molecule has 100 valence electrons. The lowest BCUT2D eigenvalue weighted by molar-refractivity contribution is 0.902. The molecule has 5 heteroatoms. The van der Waals surface area contributed by atoms with Gasteiger partial charge in [0.25, 0.3) is 0 Å². The predicted octanol–water partition coefficient (Wildman–Crippen LogP) is 4.17. The molecule has 0 atom stereocenters. The Morgan fingerprint density at radius 1 is 1.05 bits per heavy atom. The topological polar surface area (TPSA) is 33.6 Å². The van der Waals surface area contributed by atoms with E-state index in [-0.39, 0.29) is 0 Å². The number of H-pyrrole nitrogens is 1. The van der Waals surface area contributed by atoms with Gasteiger partial charge in [-0.05, 0) is 42.0 Å². The third-order valence-corrected chi connectivity index (χ3v) is 3.56. The van der Waals surface area contributed by atoms with Crippen LogP contribution in [0.1, 0.15) is 11.4 Å². The van der Waals surface area contributed by atoms with Crippen LogP contribution < -0.4 is 0 Å². The molecule has 0 unspecified atom stereocenters. The highest BCUT2D eigenvalue weighted by atomic mass is 35.5. The van der Waals surface area contributed by atoms with Crippen LogP contribution in [0.25, 0.3) is 5.69 Å². The molecule has 0 amide bonds. The first-order valence-electron chi connectivity index (χ1n) is 6.20. The van der Waals surface area contributed by atoms with Crippen LogP contribution in [0.2, 0.25) is 5.02 Å². The summed E-state index contributed by atoms with van der Waals surface area (Å²) >= 11 is 11.2. The van der Waals surface area contributed by atoms with E-state index < -0.39 is 0 Å². The van der Waals surface area contributed by atoms with E-state index in [0.717, 1.165) is 22.1 Å². The van der Waals surface area contributed by atoms with Crippen LogP contribution >= 0.6 is 23.8 Å². The molecule has 0 spiro atoms. The van der Waals surface area contributed by atoms with Crippen molar-refractivity contribution in [3.8, 4) is 5.69 Å². The maximum Gasteiger partial charge on any atom is 0.199 e. The number of halogens is 1. The Balaban J connectivity index is 1.99. The molecule has 0 radical (unpaired) electrons. The lowest BCUT2D eigenvalue weighted by Gasteiger charge is -2.06. The summed E-state index contributed by atoms with van der Waals surface area (Å²) in [7, 11) is 0. The molecular weight excluding hydrogens is 290 g/mol. The zero-order chi connectivity index (χ0) is 13.9. The van der Waals surface area contributed by atoms with E-state index in [4.69, 9.17) is 23.8 Å². The Bertz CT molecular complexity index is 760. The van der Waals surface area contributed by atoms with Gasteiger partial charge in [-0.25, -0.2) is 0 Å². The van der Waals surface area contributed by atoms with E-state index in [9.17, 15) is 0 Å². The lowest BCUT2D eigenvalue weighted by Crippen LogP contribution is -2.02. The molecule has 0 aliphatic rings. The van der Waals surface area contributed by atoms with Gasteiger partial charge < -0.3 is 0 Å². The first-order valence-corrected chi connectivity index (χ1v) is 6.99. The average molecular weight is 302 g/mol. The Morgan fingerprint density at radius 3 is 2.45 bits per heavy atom. The van der Waals surface area contributed by atoms with Crippen molar-refractivity contribution in [2.24, 2.45) is 0 Å². The molecule has 2 aromatic carbocycles. The summed E-state index contributed by atoms with van der Waals surface area (Å²) in [6, 6.07) is 17.7. The number of aromatic amines is 1. The van der Waals surface area contributed by atoms with E-state index in [2.05, 4.69) is 10.2 Å². The molecule has 0 saturated heterocycles. The second kappa shape index (κ2) is 5.61. The highest BCUT2D eigenvalue weighted by Gasteiger charge is 2.08. The van der Waals surface area contributed by atoms with Crippen LogP contribution in [0.4, 0.5) is 0 Å². The molecule has 0 aliphatic carbocycles. The number of hydrogen-bond acceptors (Lipinski definition) is 2. The fourth-order valence-electron chi connectivity index (χ4n) is 2.08. The number of aromatic nitrogens is 3. The number of benzene rings is 2. The van der Waals surface area contributed by atoms with Gasteiger partial charge in [0.2, 0.25) is 0 Å². The number of rotatable bonds is 3. The normalized spacial score (nSPS) is 10.7. The minimum absolute atomic E-state index is 0.597. The fraction of sp³-hybridized carbons (Fsp3) is 0.0667. The van der Waals surface area contributed by atoms with Gasteiger partial charge in [0.15, 0.2) is 4.77 Å². The van der Waals surface area contributed by atoms with Gasteiger partial charge in [-0.2, -0.15) is 5.10 Å². The zero-order valence-corrected chi connectivity index (χ0v) is 12.2. The van der Waals surface area contributed by atoms with Crippen molar-refractivity contribution < 1.29 is 0 Å². The van der Waals surface area contributed by atoms with Crippen molar-refractivity contribution in [2.45, 2.75) is 6.42 Å². The predicted molar refractivity (Wildman–Crippen MR) is 83.0 cm³/mol. The zero-order valence-electron chi connectivity index (χ0n) is 10.6. The van der Waals surface area contributed by atoms with Crippen molar-refractivity contribution >= 4 is 23.8 Å². The second-order valence-electron chi connectivity index (χ2n) is 4.42. The van der Waals surface area contributed by atoms with Crippen molar-refractivity contribution in [1.82, 2.24) is 14.8 Å². The van der Waals surface area contributed by atoms with Gasteiger partial charge in [0.05, 0.1) is 0 Å². The highest BCUT2D eigenvalue weighted by molar-refractivity contribution is 7.71. The van der Waals surface area contributed by atoms with Gasteiger partial charge in [0, 0.05) is 17.1 Å². The Kier molecular flexibility index (Phi) is 3.67. The lowest BCUT2D eigenvalue weighted by atomic mass is 10.1. The third-order valence-electron chi connectivity index (χ3n) is 3.03. The molecule has 1 N–H and O–H groups in total. The molecule has 3 aromatic rings. The number of nitrogens with one attached hydrogen (secondary N) is 1. The SMILES string of the molecule is S=c1[nH]nc(Cc2ccc(Cl)cc2)n1-c1ccccc1. The Labute approximate surface area is 126 Å². The van der Waals surface area contributed by atoms with Crippen molar-refractivity contribution in [2.75, 3.05) is 0 Å². The minimum Gasteiger partial charge on any atom is -0.272 e. The standard InChI is InChI=1S/C15H12ClN3S/c16-12-8-6-11(7-9-12)10-14-17-18-15(20)19(14)13-4-2-1-3-5-13/h1-9H,10H2,(H,18,20). The molecule has 0 fully saturated rings. The summed E-state index contributed by atoms with van der Waals surface area (Å²) < 4.78 is 2.55. The van der Waals surface area contributed by atoms with Crippen LogP contribution in [0, 0.1) is 4.77 Å². The van der Waals surface area contributed by atoms with Crippen LogP contribution in [0.15, 0.2) is 54.6 Å².